The van der Waals surface area contributed by atoms with Gasteiger partial charge in [0.15, 0.2) is 0 Å². The molecule has 4 rings (SSSR count). The second kappa shape index (κ2) is 5.82. The average molecular weight is 379 g/mol. The van der Waals surface area contributed by atoms with E-state index in [-0.39, 0.29) is 16.4 Å². The first-order valence-electron chi connectivity index (χ1n) is 7.30. The molecule has 25 heavy (non-hydrogen) atoms. The molecule has 1 saturated heterocycles. The van der Waals surface area contributed by atoms with E-state index in [1.807, 2.05) is 0 Å². The number of hydrogen-bond acceptors (Lipinski definition) is 4. The summed E-state index contributed by atoms with van der Waals surface area (Å²) < 4.78 is 13.1. The number of hydrogen-bond donors (Lipinski definition) is 0. The first-order valence-corrected chi connectivity index (χ1v) is 8.05. The molecule has 0 saturated carbocycles. The van der Waals surface area contributed by atoms with E-state index in [1.165, 1.54) is 36.4 Å². The molecule has 0 aromatic heterocycles. The van der Waals surface area contributed by atoms with Crippen molar-refractivity contribution in [3.05, 3.63) is 63.9 Å². The number of carbonyl (C=O) groups excluding carboxylic acids is 2. The SMILES string of the molecule is O=C1C2ON=C(c3ccc(F)cc3)C2C(=O)N1c1cc(Cl)ccc1Cl. The number of halogens is 3. The fraction of sp³-hybridized carbons (Fsp3) is 0.118. The number of oxime groups is 1. The number of anilines is 1. The lowest BCUT2D eigenvalue weighted by molar-refractivity contribution is -0.126. The van der Waals surface area contributed by atoms with E-state index in [0.717, 1.165) is 4.90 Å². The second-order valence-corrected chi connectivity index (χ2v) is 6.44. The van der Waals surface area contributed by atoms with Crippen molar-refractivity contribution in [2.45, 2.75) is 6.10 Å². The maximum atomic E-state index is 13.1. The van der Waals surface area contributed by atoms with E-state index >= 15 is 0 Å². The summed E-state index contributed by atoms with van der Waals surface area (Å²) in [4.78, 5) is 31.7. The highest BCUT2D eigenvalue weighted by molar-refractivity contribution is 6.39. The Morgan fingerprint density at radius 2 is 1.76 bits per heavy atom. The van der Waals surface area contributed by atoms with Gasteiger partial charge in [0, 0.05) is 10.6 Å². The molecule has 2 aromatic rings. The zero-order chi connectivity index (χ0) is 17.7. The molecule has 1 fully saturated rings. The van der Waals surface area contributed by atoms with Crippen molar-refractivity contribution >= 4 is 46.4 Å². The Hall–Kier alpha value is -2.44. The van der Waals surface area contributed by atoms with Gasteiger partial charge in [0.25, 0.3) is 5.91 Å². The van der Waals surface area contributed by atoms with Crippen LogP contribution in [-0.2, 0) is 14.4 Å². The van der Waals surface area contributed by atoms with E-state index in [9.17, 15) is 14.0 Å². The highest BCUT2D eigenvalue weighted by Crippen LogP contribution is 2.38. The molecular formula is C17H9Cl2FN2O3. The summed E-state index contributed by atoms with van der Waals surface area (Å²) in [6, 6.07) is 9.95. The van der Waals surface area contributed by atoms with E-state index in [0.29, 0.717) is 10.6 Å². The Morgan fingerprint density at radius 1 is 1.04 bits per heavy atom. The first kappa shape index (κ1) is 16.1. The number of amides is 2. The summed E-state index contributed by atoms with van der Waals surface area (Å²) in [7, 11) is 0. The topological polar surface area (TPSA) is 59.0 Å². The predicted octanol–water partition coefficient (Wildman–Crippen LogP) is 3.43. The minimum Gasteiger partial charge on any atom is -0.381 e. The van der Waals surface area contributed by atoms with Crippen molar-refractivity contribution in [1.82, 2.24) is 0 Å². The van der Waals surface area contributed by atoms with E-state index in [2.05, 4.69) is 5.16 Å². The number of imide groups is 1. The molecule has 0 spiro atoms. The zero-order valence-corrected chi connectivity index (χ0v) is 14.0. The highest BCUT2D eigenvalue weighted by Gasteiger charge is 2.56. The number of rotatable bonds is 2. The van der Waals surface area contributed by atoms with Gasteiger partial charge in [-0.15, -0.1) is 0 Å². The average Bonchev–Trinajstić information content (AvgIpc) is 3.12. The minimum absolute atomic E-state index is 0.195. The fourth-order valence-electron chi connectivity index (χ4n) is 2.93. The van der Waals surface area contributed by atoms with Gasteiger partial charge in [-0.3, -0.25) is 9.59 Å². The second-order valence-electron chi connectivity index (χ2n) is 5.59. The summed E-state index contributed by atoms with van der Waals surface area (Å²) in [6.07, 6.45) is -1.07. The van der Waals surface area contributed by atoms with Crippen LogP contribution < -0.4 is 4.90 Å². The lowest BCUT2D eigenvalue weighted by Gasteiger charge is -2.17. The van der Waals surface area contributed by atoms with Crippen molar-refractivity contribution in [3.8, 4) is 0 Å². The Balaban J connectivity index is 1.73. The number of nitrogens with zero attached hydrogens (tertiary/aromatic N) is 2. The van der Waals surface area contributed by atoms with E-state index in [4.69, 9.17) is 28.0 Å². The molecule has 126 valence electrons. The maximum absolute atomic E-state index is 13.1. The molecule has 0 bridgehead atoms. The van der Waals surface area contributed by atoms with Crippen LogP contribution in [0.1, 0.15) is 5.56 Å². The molecule has 0 N–H and O–H groups in total. The standard InChI is InChI=1S/C17H9Cl2FN2O3/c18-9-3-6-11(19)12(7-9)22-16(23)13-14(21-25-15(13)17(22)24)8-1-4-10(20)5-2-8/h1-7,13,15H. The summed E-state index contributed by atoms with van der Waals surface area (Å²) in [5.41, 5.74) is 0.985. The first-order chi connectivity index (χ1) is 12.0. The van der Waals surface area contributed by atoms with Crippen LogP contribution in [0.2, 0.25) is 10.0 Å². The normalized spacial score (nSPS) is 22.0. The van der Waals surface area contributed by atoms with Crippen LogP contribution in [0.15, 0.2) is 47.6 Å². The van der Waals surface area contributed by atoms with Crippen molar-refractivity contribution in [2.75, 3.05) is 4.90 Å². The Morgan fingerprint density at radius 3 is 2.48 bits per heavy atom. The minimum atomic E-state index is -1.07. The molecule has 0 radical (unpaired) electrons. The molecule has 5 nitrogen and oxygen atoms in total. The van der Waals surface area contributed by atoms with Gasteiger partial charge in [-0.2, -0.15) is 0 Å². The van der Waals surface area contributed by atoms with Gasteiger partial charge in [0.2, 0.25) is 12.0 Å². The highest BCUT2D eigenvalue weighted by atomic mass is 35.5. The van der Waals surface area contributed by atoms with E-state index < -0.39 is 29.7 Å². The molecule has 0 aliphatic carbocycles. The van der Waals surface area contributed by atoms with Crippen LogP contribution >= 0.6 is 23.2 Å². The molecular weight excluding hydrogens is 370 g/mol. The van der Waals surface area contributed by atoms with Gasteiger partial charge in [-0.05, 0) is 30.3 Å². The number of carbonyl (C=O) groups is 2. The van der Waals surface area contributed by atoms with Gasteiger partial charge in [0.1, 0.15) is 17.4 Å². The third kappa shape index (κ3) is 2.49. The lowest BCUT2D eigenvalue weighted by atomic mass is 9.94. The summed E-state index contributed by atoms with van der Waals surface area (Å²) in [6.45, 7) is 0. The Kier molecular flexibility index (Phi) is 3.74. The molecule has 2 heterocycles. The molecule has 8 heteroatoms. The van der Waals surface area contributed by atoms with Crippen LogP contribution in [0.4, 0.5) is 10.1 Å². The number of benzene rings is 2. The quantitative estimate of drug-likeness (QED) is 0.752. The molecule has 2 aliphatic rings. The van der Waals surface area contributed by atoms with Crippen LogP contribution in [-0.4, -0.2) is 23.6 Å². The van der Waals surface area contributed by atoms with Crippen LogP contribution in [0.5, 0.6) is 0 Å². The van der Waals surface area contributed by atoms with Gasteiger partial charge in [-0.1, -0.05) is 40.5 Å². The molecule has 2 amide bonds. The van der Waals surface area contributed by atoms with Crippen molar-refractivity contribution in [1.29, 1.82) is 0 Å². The summed E-state index contributed by atoms with van der Waals surface area (Å²) in [5.74, 6) is -2.41. The predicted molar refractivity (Wildman–Crippen MR) is 90.3 cm³/mol. The van der Waals surface area contributed by atoms with Crippen molar-refractivity contribution in [3.63, 3.8) is 0 Å². The lowest BCUT2D eigenvalue weighted by Crippen LogP contribution is -2.33. The summed E-state index contributed by atoms with van der Waals surface area (Å²) >= 11 is 12.1. The van der Waals surface area contributed by atoms with Crippen LogP contribution in [0.3, 0.4) is 0 Å². The van der Waals surface area contributed by atoms with Gasteiger partial charge in [0.05, 0.1) is 10.7 Å². The fourth-order valence-corrected chi connectivity index (χ4v) is 3.30. The molecule has 2 atom stereocenters. The van der Waals surface area contributed by atoms with Crippen molar-refractivity contribution in [2.24, 2.45) is 11.1 Å². The Bertz CT molecular complexity index is 930. The smallest absolute Gasteiger partial charge is 0.279 e. The monoisotopic (exact) mass is 378 g/mol. The molecule has 2 unspecified atom stereocenters. The third-order valence-electron chi connectivity index (χ3n) is 4.10. The van der Waals surface area contributed by atoms with Crippen LogP contribution in [0, 0.1) is 11.7 Å². The molecule has 2 aliphatic heterocycles. The molecule has 2 aromatic carbocycles. The Labute approximate surface area is 151 Å². The van der Waals surface area contributed by atoms with Crippen molar-refractivity contribution < 1.29 is 18.8 Å². The van der Waals surface area contributed by atoms with Gasteiger partial charge in [-0.25, -0.2) is 9.29 Å². The van der Waals surface area contributed by atoms with Gasteiger partial charge >= 0.3 is 0 Å². The van der Waals surface area contributed by atoms with E-state index in [1.54, 1.807) is 6.07 Å². The zero-order valence-electron chi connectivity index (χ0n) is 12.4. The van der Waals surface area contributed by atoms with Gasteiger partial charge < -0.3 is 4.84 Å². The van der Waals surface area contributed by atoms with Crippen LogP contribution in [0.25, 0.3) is 0 Å². The maximum Gasteiger partial charge on any atom is 0.279 e. The third-order valence-corrected chi connectivity index (χ3v) is 4.66. The largest absolute Gasteiger partial charge is 0.381 e. The summed E-state index contributed by atoms with van der Waals surface area (Å²) in [5, 5.41) is 4.41. The number of fused-ring (bicyclic) bond motifs is 1.